The van der Waals surface area contributed by atoms with Crippen molar-refractivity contribution in [3.63, 3.8) is 0 Å². The van der Waals surface area contributed by atoms with Crippen LogP contribution in [0.15, 0.2) is 30.7 Å². The molecule has 0 aliphatic rings. The van der Waals surface area contributed by atoms with Gasteiger partial charge in [-0.05, 0) is 38.5 Å². The lowest BCUT2D eigenvalue weighted by Crippen LogP contribution is -2.21. The maximum Gasteiger partial charge on any atom is 0.123 e. The fourth-order valence-corrected chi connectivity index (χ4v) is 1.47. The van der Waals surface area contributed by atoms with Gasteiger partial charge in [0.25, 0.3) is 0 Å². The Kier molecular flexibility index (Phi) is 2.42. The summed E-state index contributed by atoms with van der Waals surface area (Å²) in [6.45, 7) is 6.35. The summed E-state index contributed by atoms with van der Waals surface area (Å²) >= 11 is 0. The summed E-state index contributed by atoms with van der Waals surface area (Å²) < 4.78 is 1.94. The second kappa shape index (κ2) is 3.63. The van der Waals surface area contributed by atoms with Crippen LogP contribution in [0.4, 0.5) is 5.82 Å². The summed E-state index contributed by atoms with van der Waals surface area (Å²) in [4.78, 5) is 3.97. The zero-order chi connectivity index (χ0) is 11.8. The number of hydrogen-bond donors (Lipinski definition) is 1. The monoisotopic (exact) mass is 216 g/mol. The third-order valence-electron chi connectivity index (χ3n) is 2.38. The molecule has 2 heterocycles. The predicted octanol–water partition coefficient (Wildman–Crippen LogP) is 2.28. The number of nitrogens with two attached hydrogens (primary N) is 1. The van der Waals surface area contributed by atoms with Crippen molar-refractivity contribution in [2.24, 2.45) is 0 Å². The zero-order valence-corrected chi connectivity index (χ0v) is 9.81. The summed E-state index contributed by atoms with van der Waals surface area (Å²) in [7, 11) is 0. The molecule has 0 aromatic carbocycles. The predicted molar refractivity (Wildman–Crippen MR) is 64.9 cm³/mol. The number of aromatic nitrogens is 3. The molecule has 0 saturated heterocycles. The normalized spacial score (nSPS) is 11.7. The Labute approximate surface area is 95.1 Å². The molecule has 0 spiro atoms. The Morgan fingerprint density at radius 2 is 2.00 bits per heavy atom. The molecule has 0 saturated carbocycles. The summed E-state index contributed by atoms with van der Waals surface area (Å²) in [6, 6.07) is 3.78. The highest BCUT2D eigenvalue weighted by Gasteiger charge is 2.14. The molecule has 2 aromatic rings. The third-order valence-corrected chi connectivity index (χ3v) is 2.38. The van der Waals surface area contributed by atoms with Crippen molar-refractivity contribution in [2.75, 3.05) is 5.73 Å². The smallest absolute Gasteiger partial charge is 0.123 e. The second-order valence-electron chi connectivity index (χ2n) is 4.81. The van der Waals surface area contributed by atoms with Crippen LogP contribution in [0.3, 0.4) is 0 Å². The number of anilines is 1. The van der Waals surface area contributed by atoms with Crippen LogP contribution in [0, 0.1) is 0 Å². The number of hydrogen-bond acceptors (Lipinski definition) is 3. The molecular formula is C12H16N4. The van der Waals surface area contributed by atoms with Crippen LogP contribution >= 0.6 is 0 Å². The van der Waals surface area contributed by atoms with E-state index in [1.807, 2.05) is 29.2 Å². The first-order chi connectivity index (χ1) is 7.47. The van der Waals surface area contributed by atoms with Gasteiger partial charge in [0.05, 0.1) is 11.7 Å². The molecule has 16 heavy (non-hydrogen) atoms. The highest BCUT2D eigenvalue weighted by Crippen LogP contribution is 2.22. The van der Waals surface area contributed by atoms with E-state index in [-0.39, 0.29) is 5.54 Å². The molecule has 4 nitrogen and oxygen atoms in total. The summed E-state index contributed by atoms with van der Waals surface area (Å²) in [5, 5.41) is 4.35. The van der Waals surface area contributed by atoms with E-state index in [0.29, 0.717) is 5.82 Å². The van der Waals surface area contributed by atoms with Crippen molar-refractivity contribution >= 4 is 5.82 Å². The van der Waals surface area contributed by atoms with Crippen LogP contribution in [-0.4, -0.2) is 14.8 Å². The molecule has 2 N–H and O–H groups in total. The van der Waals surface area contributed by atoms with Gasteiger partial charge in [-0.2, -0.15) is 5.10 Å². The van der Waals surface area contributed by atoms with E-state index in [1.54, 1.807) is 6.20 Å². The molecule has 0 amide bonds. The van der Waals surface area contributed by atoms with Gasteiger partial charge in [0, 0.05) is 18.0 Å². The molecular weight excluding hydrogens is 200 g/mol. The van der Waals surface area contributed by atoms with Gasteiger partial charge in [0.1, 0.15) is 5.82 Å². The molecule has 84 valence electrons. The third kappa shape index (κ3) is 2.05. The van der Waals surface area contributed by atoms with E-state index in [0.717, 1.165) is 11.1 Å². The highest BCUT2D eigenvalue weighted by molar-refractivity contribution is 5.64. The number of pyridine rings is 1. The van der Waals surface area contributed by atoms with E-state index in [4.69, 9.17) is 5.73 Å². The molecule has 0 unspecified atom stereocenters. The van der Waals surface area contributed by atoms with Crippen LogP contribution < -0.4 is 5.73 Å². The van der Waals surface area contributed by atoms with Gasteiger partial charge < -0.3 is 5.73 Å². The molecule has 4 heteroatoms. The topological polar surface area (TPSA) is 56.7 Å². The van der Waals surface area contributed by atoms with Crippen LogP contribution in [0.2, 0.25) is 0 Å². The maximum atomic E-state index is 5.65. The van der Waals surface area contributed by atoms with Crippen molar-refractivity contribution in [3.05, 3.63) is 30.7 Å². The standard InChI is InChI=1S/C12H16N4/c1-12(2,3)16-8-10(7-15-16)9-4-5-14-11(13)6-9/h4-8H,1-3H3,(H2,13,14). The first-order valence-corrected chi connectivity index (χ1v) is 5.24. The van der Waals surface area contributed by atoms with E-state index in [2.05, 4.69) is 30.9 Å². The minimum absolute atomic E-state index is 0.00315. The molecule has 0 aliphatic carbocycles. The average Bonchev–Trinajstić information content (AvgIpc) is 2.65. The Balaban J connectivity index is 2.39. The second-order valence-corrected chi connectivity index (χ2v) is 4.81. The summed E-state index contributed by atoms with van der Waals surface area (Å²) in [6.07, 6.45) is 5.58. The molecule has 0 fully saturated rings. The van der Waals surface area contributed by atoms with Gasteiger partial charge in [0.2, 0.25) is 0 Å². The Morgan fingerprint density at radius 1 is 1.25 bits per heavy atom. The number of rotatable bonds is 1. The molecule has 0 atom stereocenters. The maximum absolute atomic E-state index is 5.65. The lowest BCUT2D eigenvalue weighted by Gasteiger charge is -2.18. The van der Waals surface area contributed by atoms with Crippen LogP contribution in [0.1, 0.15) is 20.8 Å². The highest BCUT2D eigenvalue weighted by atomic mass is 15.3. The molecule has 2 aromatic heterocycles. The fraction of sp³-hybridized carbons (Fsp3) is 0.333. The largest absolute Gasteiger partial charge is 0.384 e. The van der Waals surface area contributed by atoms with Crippen molar-refractivity contribution in [1.29, 1.82) is 0 Å². The van der Waals surface area contributed by atoms with Gasteiger partial charge in [0.15, 0.2) is 0 Å². The Bertz CT molecular complexity index is 494. The summed E-state index contributed by atoms with van der Waals surface area (Å²) in [5.41, 5.74) is 7.75. The molecule has 0 aliphatic heterocycles. The van der Waals surface area contributed by atoms with E-state index in [1.165, 1.54) is 0 Å². The molecule has 2 rings (SSSR count). The lowest BCUT2D eigenvalue weighted by atomic mass is 10.1. The first-order valence-electron chi connectivity index (χ1n) is 5.24. The Hall–Kier alpha value is -1.84. The minimum atomic E-state index is -0.00315. The van der Waals surface area contributed by atoms with Crippen molar-refractivity contribution in [3.8, 4) is 11.1 Å². The van der Waals surface area contributed by atoms with Gasteiger partial charge >= 0.3 is 0 Å². The van der Waals surface area contributed by atoms with E-state index >= 15 is 0 Å². The Morgan fingerprint density at radius 3 is 2.56 bits per heavy atom. The van der Waals surface area contributed by atoms with E-state index in [9.17, 15) is 0 Å². The minimum Gasteiger partial charge on any atom is -0.384 e. The van der Waals surface area contributed by atoms with Gasteiger partial charge in [-0.25, -0.2) is 4.98 Å². The van der Waals surface area contributed by atoms with Crippen molar-refractivity contribution < 1.29 is 0 Å². The quantitative estimate of drug-likeness (QED) is 0.795. The number of nitrogens with zero attached hydrogens (tertiary/aromatic N) is 3. The van der Waals surface area contributed by atoms with Gasteiger partial charge in [-0.15, -0.1) is 0 Å². The van der Waals surface area contributed by atoms with E-state index < -0.39 is 0 Å². The van der Waals surface area contributed by atoms with Gasteiger partial charge in [-0.3, -0.25) is 4.68 Å². The first kappa shape index (κ1) is 10.7. The average molecular weight is 216 g/mol. The summed E-state index contributed by atoms with van der Waals surface area (Å²) in [5.74, 6) is 0.529. The van der Waals surface area contributed by atoms with Crippen LogP contribution in [0.5, 0.6) is 0 Å². The van der Waals surface area contributed by atoms with Crippen molar-refractivity contribution in [1.82, 2.24) is 14.8 Å². The fourth-order valence-electron chi connectivity index (χ4n) is 1.47. The van der Waals surface area contributed by atoms with Crippen LogP contribution in [-0.2, 0) is 5.54 Å². The van der Waals surface area contributed by atoms with Crippen LogP contribution in [0.25, 0.3) is 11.1 Å². The molecule has 0 radical (unpaired) electrons. The number of nitrogen functional groups attached to an aromatic ring is 1. The zero-order valence-electron chi connectivity index (χ0n) is 9.81. The lowest BCUT2D eigenvalue weighted by molar-refractivity contribution is 0.355. The molecule has 0 bridgehead atoms. The SMILES string of the molecule is CC(C)(C)n1cc(-c2ccnc(N)c2)cn1. The van der Waals surface area contributed by atoms with Gasteiger partial charge in [-0.1, -0.05) is 0 Å². The van der Waals surface area contributed by atoms with Crippen molar-refractivity contribution in [2.45, 2.75) is 26.3 Å².